The first kappa shape index (κ1) is 20.4. The Morgan fingerprint density at radius 2 is 1.60 bits per heavy atom. The second kappa shape index (κ2) is 7.75. The molecule has 2 rings (SSSR count). The number of ether oxygens (including phenoxy) is 1. The Bertz CT molecular complexity index is 541. The molecule has 0 aromatic rings. The van der Waals surface area contributed by atoms with Crippen molar-refractivity contribution in [2.75, 3.05) is 0 Å². The number of halogens is 5. The van der Waals surface area contributed by atoms with Crippen LogP contribution in [0.2, 0.25) is 0 Å². The molecule has 146 valence electrons. The molecule has 0 heterocycles. The second-order valence-electron chi connectivity index (χ2n) is 7.03. The molecular formula is C15H21F5O4S. The van der Waals surface area contributed by atoms with Gasteiger partial charge in [0.25, 0.3) is 6.10 Å². The monoisotopic (exact) mass is 392 g/mol. The van der Waals surface area contributed by atoms with Gasteiger partial charge in [-0.25, -0.2) is 8.42 Å². The van der Waals surface area contributed by atoms with Gasteiger partial charge in [0.1, 0.15) is 0 Å². The Morgan fingerprint density at radius 3 is 2.08 bits per heavy atom. The van der Waals surface area contributed by atoms with Crippen LogP contribution in [0.25, 0.3) is 0 Å². The van der Waals surface area contributed by atoms with Crippen molar-refractivity contribution in [2.24, 2.45) is 17.8 Å². The minimum Gasteiger partial charge on any atom is -0.445 e. The van der Waals surface area contributed by atoms with Gasteiger partial charge in [0.2, 0.25) is 10.7 Å². The molecule has 0 aromatic carbocycles. The minimum atomic E-state index is -5.67. The molecule has 2 aliphatic carbocycles. The van der Waals surface area contributed by atoms with Crippen LogP contribution in [-0.4, -0.2) is 31.9 Å². The zero-order valence-electron chi connectivity index (χ0n) is 13.4. The van der Waals surface area contributed by atoms with Crippen LogP contribution in [0.3, 0.4) is 0 Å². The normalized spacial score (nSPS) is 28.6. The molecular weight excluding hydrogens is 371 g/mol. The van der Waals surface area contributed by atoms with E-state index < -0.39 is 40.6 Å². The Kier molecular flexibility index (Phi) is 6.32. The highest BCUT2D eigenvalue weighted by atomic mass is 32.2. The summed E-state index contributed by atoms with van der Waals surface area (Å²) in [5.74, 6) is -0.164. The summed E-state index contributed by atoms with van der Waals surface area (Å²) >= 11 is 0. The van der Waals surface area contributed by atoms with Crippen molar-refractivity contribution < 1.29 is 39.9 Å². The van der Waals surface area contributed by atoms with Gasteiger partial charge in [-0.2, -0.15) is 22.0 Å². The lowest BCUT2D eigenvalue weighted by molar-refractivity contribution is -0.257. The smallest absolute Gasteiger partial charge is 0.432 e. The molecule has 0 aliphatic heterocycles. The zero-order valence-corrected chi connectivity index (χ0v) is 14.3. The first-order valence-corrected chi connectivity index (χ1v) is 9.46. The SMILES string of the molecule is O=C(CCC1CC2CCCC(C2)C1)OC(C(F)(F)F)C(F)(F)[SH](=O)=O. The summed E-state index contributed by atoms with van der Waals surface area (Å²) in [6.45, 7) is 0. The number of carbonyl (C=O) groups excluding carboxylic acids is 1. The summed E-state index contributed by atoms with van der Waals surface area (Å²) in [4.78, 5) is 11.6. The van der Waals surface area contributed by atoms with Crippen LogP contribution in [0.4, 0.5) is 22.0 Å². The number of hydrogen-bond acceptors (Lipinski definition) is 4. The van der Waals surface area contributed by atoms with Gasteiger partial charge < -0.3 is 4.74 Å². The van der Waals surface area contributed by atoms with E-state index in [9.17, 15) is 35.2 Å². The number of thiol groups is 1. The highest BCUT2D eigenvalue weighted by Gasteiger charge is 2.61. The first-order chi connectivity index (χ1) is 11.5. The fourth-order valence-corrected chi connectivity index (χ4v) is 4.44. The van der Waals surface area contributed by atoms with E-state index >= 15 is 0 Å². The van der Waals surface area contributed by atoms with Crippen molar-refractivity contribution in [3.63, 3.8) is 0 Å². The van der Waals surface area contributed by atoms with Crippen molar-refractivity contribution in [1.82, 2.24) is 0 Å². The lowest BCUT2D eigenvalue weighted by atomic mass is 9.67. The van der Waals surface area contributed by atoms with Crippen molar-refractivity contribution in [1.29, 1.82) is 0 Å². The zero-order chi connectivity index (χ0) is 18.8. The van der Waals surface area contributed by atoms with Gasteiger partial charge in [-0.1, -0.05) is 19.3 Å². The molecule has 0 saturated heterocycles. The highest BCUT2D eigenvalue weighted by Crippen LogP contribution is 2.44. The molecule has 0 radical (unpaired) electrons. The molecule has 2 aliphatic rings. The molecule has 2 saturated carbocycles. The summed E-state index contributed by atoms with van der Waals surface area (Å²) in [5.41, 5.74) is 0. The first-order valence-electron chi connectivity index (χ1n) is 8.28. The van der Waals surface area contributed by atoms with Crippen molar-refractivity contribution in [3.8, 4) is 0 Å². The third kappa shape index (κ3) is 5.27. The van der Waals surface area contributed by atoms with E-state index in [1.807, 2.05) is 0 Å². The fraction of sp³-hybridized carbons (Fsp3) is 0.933. The topological polar surface area (TPSA) is 60.4 Å². The van der Waals surface area contributed by atoms with Gasteiger partial charge in [-0.15, -0.1) is 0 Å². The van der Waals surface area contributed by atoms with Crippen LogP contribution in [0.15, 0.2) is 0 Å². The average molecular weight is 392 g/mol. The molecule has 0 N–H and O–H groups in total. The number of rotatable bonds is 6. The molecule has 25 heavy (non-hydrogen) atoms. The van der Waals surface area contributed by atoms with Crippen LogP contribution in [0.1, 0.15) is 51.4 Å². The molecule has 10 heteroatoms. The predicted octanol–water partition coefficient (Wildman–Crippen LogP) is 3.66. The van der Waals surface area contributed by atoms with Crippen LogP contribution < -0.4 is 0 Å². The number of hydrogen-bond donors (Lipinski definition) is 1. The second-order valence-corrected chi connectivity index (χ2v) is 8.14. The van der Waals surface area contributed by atoms with Gasteiger partial charge in [0, 0.05) is 6.42 Å². The number of alkyl halides is 5. The van der Waals surface area contributed by atoms with Crippen LogP contribution in [0.5, 0.6) is 0 Å². The predicted molar refractivity (Wildman–Crippen MR) is 78.6 cm³/mol. The average Bonchev–Trinajstić information content (AvgIpc) is 2.49. The quantitative estimate of drug-likeness (QED) is 0.426. The molecule has 4 nitrogen and oxygen atoms in total. The van der Waals surface area contributed by atoms with Crippen molar-refractivity contribution >= 4 is 16.7 Å². The van der Waals surface area contributed by atoms with E-state index in [1.54, 1.807) is 0 Å². The Morgan fingerprint density at radius 1 is 1.04 bits per heavy atom. The number of fused-ring (bicyclic) bond motifs is 2. The summed E-state index contributed by atoms with van der Waals surface area (Å²) in [5, 5.41) is -5.19. The van der Waals surface area contributed by atoms with Crippen molar-refractivity contribution in [3.05, 3.63) is 0 Å². The molecule has 3 unspecified atom stereocenters. The lowest BCUT2D eigenvalue weighted by Crippen LogP contribution is -2.48. The minimum absolute atomic E-state index is 0.164. The molecule has 0 spiro atoms. The van der Waals surface area contributed by atoms with Gasteiger partial charge >= 0.3 is 17.4 Å². The molecule has 2 fully saturated rings. The third-order valence-corrected chi connectivity index (χ3v) is 5.81. The molecule has 0 aromatic heterocycles. The van der Waals surface area contributed by atoms with E-state index in [0.29, 0.717) is 11.8 Å². The number of esters is 1. The molecule has 2 bridgehead atoms. The van der Waals surface area contributed by atoms with Crippen LogP contribution in [0, 0.1) is 17.8 Å². The molecule has 0 amide bonds. The van der Waals surface area contributed by atoms with E-state index in [1.165, 1.54) is 6.42 Å². The Labute approximate surface area is 144 Å². The van der Waals surface area contributed by atoms with E-state index in [2.05, 4.69) is 4.74 Å². The van der Waals surface area contributed by atoms with Gasteiger partial charge in [-0.05, 0) is 43.4 Å². The summed E-state index contributed by atoms with van der Waals surface area (Å²) < 4.78 is 89.1. The van der Waals surface area contributed by atoms with E-state index in [0.717, 1.165) is 32.1 Å². The maximum atomic E-state index is 13.2. The van der Waals surface area contributed by atoms with Crippen LogP contribution >= 0.6 is 0 Å². The van der Waals surface area contributed by atoms with Gasteiger partial charge in [-0.3, -0.25) is 4.79 Å². The van der Waals surface area contributed by atoms with E-state index in [-0.39, 0.29) is 12.3 Å². The van der Waals surface area contributed by atoms with Crippen molar-refractivity contribution in [2.45, 2.75) is 68.9 Å². The van der Waals surface area contributed by atoms with Gasteiger partial charge in [0.05, 0.1) is 0 Å². The largest absolute Gasteiger partial charge is 0.445 e. The molecule has 3 atom stereocenters. The highest BCUT2D eigenvalue weighted by molar-refractivity contribution is 7.73. The summed E-state index contributed by atoms with van der Waals surface area (Å²) in [6, 6.07) is 0. The Balaban J connectivity index is 1.91. The van der Waals surface area contributed by atoms with Crippen LogP contribution in [-0.2, 0) is 20.2 Å². The Hall–Kier alpha value is -0.930. The summed E-state index contributed by atoms with van der Waals surface area (Å²) in [7, 11) is -4.74. The standard InChI is InChI=1S/C15H21F5O4S/c16-14(17,18)13(15(19,20)25(22)23)24-12(21)5-4-11-7-9-2-1-3-10(6-9)8-11/h9-11,13,25H,1-8H2. The summed E-state index contributed by atoms with van der Waals surface area (Å²) in [6.07, 6.45) is -3.51. The number of carbonyl (C=O) groups is 1. The lowest BCUT2D eigenvalue weighted by Gasteiger charge is -2.39. The van der Waals surface area contributed by atoms with E-state index in [4.69, 9.17) is 0 Å². The fourth-order valence-electron chi connectivity index (χ4n) is 4.05. The third-order valence-electron chi connectivity index (χ3n) is 5.09. The maximum Gasteiger partial charge on any atom is 0.432 e. The van der Waals surface area contributed by atoms with Gasteiger partial charge in [0.15, 0.2) is 0 Å². The maximum absolute atomic E-state index is 13.2.